The van der Waals surface area contributed by atoms with Gasteiger partial charge < -0.3 is 18.9 Å². The third-order valence-corrected chi connectivity index (χ3v) is 6.17. The normalized spacial score (nSPS) is 18.6. The zero-order valence-electron chi connectivity index (χ0n) is 20.4. The van der Waals surface area contributed by atoms with Gasteiger partial charge in [-0.05, 0) is 41.8 Å². The molecule has 0 N–H and O–H groups in total. The fourth-order valence-electron chi connectivity index (χ4n) is 4.08. The van der Waals surface area contributed by atoms with Crippen molar-refractivity contribution in [2.75, 3.05) is 20.3 Å². The summed E-state index contributed by atoms with van der Waals surface area (Å²) >= 11 is 0. The highest BCUT2D eigenvalue weighted by molar-refractivity contribution is 5.66. The van der Waals surface area contributed by atoms with E-state index in [-0.39, 0.29) is 31.8 Å². The van der Waals surface area contributed by atoms with Gasteiger partial charge in [0.25, 0.3) is 0 Å². The second kappa shape index (κ2) is 10.8. The molecule has 3 aromatic rings. The Morgan fingerprint density at radius 1 is 1.08 bits per heavy atom. The molecule has 1 aromatic heterocycles. The number of ether oxygens (including phenoxy) is 4. The molecule has 1 aliphatic carbocycles. The van der Waals surface area contributed by atoms with Crippen LogP contribution in [0.1, 0.15) is 30.2 Å². The van der Waals surface area contributed by atoms with Gasteiger partial charge in [-0.3, -0.25) is 4.79 Å². The molecule has 0 radical (unpaired) electrons. The van der Waals surface area contributed by atoms with Crippen molar-refractivity contribution in [3.05, 3.63) is 77.1 Å². The van der Waals surface area contributed by atoms with Crippen molar-refractivity contribution in [2.45, 2.75) is 31.5 Å². The Morgan fingerprint density at radius 3 is 2.37 bits per heavy atom. The van der Waals surface area contributed by atoms with Crippen LogP contribution in [-0.2, 0) is 27.7 Å². The van der Waals surface area contributed by atoms with Gasteiger partial charge in [0.1, 0.15) is 24.0 Å². The first kappa shape index (κ1) is 27.1. The second-order valence-electron chi connectivity index (χ2n) is 8.81. The van der Waals surface area contributed by atoms with Crippen molar-refractivity contribution in [3.8, 4) is 17.5 Å². The summed E-state index contributed by atoms with van der Waals surface area (Å²) in [5.41, 5.74) is -1.61. The summed E-state index contributed by atoms with van der Waals surface area (Å²) in [6, 6.07) is 9.03. The standard InChI is InChI=1S/C26H23F5N2O5/c1-15(34)36-13-18-10-25(18,17-7-19(27)9-20(28)8-17)14-38-22-11-32-24(33-23(22)26(29,30)31)37-12-16-3-5-21(35-2)6-4-16/h3-9,11,18H,10,12-14H2,1-2H3/t18-,25+/m0/s1. The van der Waals surface area contributed by atoms with E-state index < -0.39 is 52.6 Å². The van der Waals surface area contributed by atoms with E-state index in [4.69, 9.17) is 18.9 Å². The van der Waals surface area contributed by atoms with Gasteiger partial charge in [0.05, 0.1) is 26.5 Å². The molecular formula is C26H23F5N2O5. The van der Waals surface area contributed by atoms with Gasteiger partial charge in [0.15, 0.2) is 11.4 Å². The van der Waals surface area contributed by atoms with Crippen LogP contribution in [0.25, 0.3) is 0 Å². The van der Waals surface area contributed by atoms with Crippen molar-refractivity contribution >= 4 is 5.97 Å². The van der Waals surface area contributed by atoms with Crippen molar-refractivity contribution < 1.29 is 45.7 Å². The summed E-state index contributed by atoms with van der Waals surface area (Å²) in [7, 11) is 1.50. The maximum atomic E-state index is 13.9. The lowest BCUT2D eigenvalue weighted by atomic mass is 9.94. The van der Waals surface area contributed by atoms with Crippen molar-refractivity contribution in [2.24, 2.45) is 5.92 Å². The van der Waals surface area contributed by atoms with E-state index >= 15 is 0 Å². The number of aromatic nitrogens is 2. The van der Waals surface area contributed by atoms with Gasteiger partial charge in [-0.2, -0.15) is 23.1 Å². The average molecular weight is 538 g/mol. The van der Waals surface area contributed by atoms with Crippen LogP contribution in [0, 0.1) is 17.6 Å². The number of hydrogen-bond acceptors (Lipinski definition) is 7. The fourth-order valence-corrected chi connectivity index (χ4v) is 4.08. The van der Waals surface area contributed by atoms with Crippen molar-refractivity contribution in [1.29, 1.82) is 0 Å². The van der Waals surface area contributed by atoms with Crippen LogP contribution in [0.5, 0.6) is 17.5 Å². The molecule has 202 valence electrons. The largest absolute Gasteiger partial charge is 0.497 e. The number of esters is 1. The number of hydrogen-bond donors (Lipinski definition) is 0. The van der Waals surface area contributed by atoms with Crippen LogP contribution in [0.4, 0.5) is 22.0 Å². The topological polar surface area (TPSA) is 79.8 Å². The maximum absolute atomic E-state index is 13.9. The summed E-state index contributed by atoms with van der Waals surface area (Å²) in [6.07, 6.45) is -3.80. The Kier molecular flexibility index (Phi) is 7.70. The molecule has 2 atom stereocenters. The molecule has 0 aliphatic heterocycles. The Bertz CT molecular complexity index is 1280. The molecule has 1 aliphatic rings. The smallest absolute Gasteiger partial charge is 0.437 e. The number of carbonyl (C=O) groups excluding carboxylic acids is 1. The quantitative estimate of drug-likeness (QED) is 0.257. The van der Waals surface area contributed by atoms with E-state index in [0.717, 1.165) is 18.3 Å². The average Bonchev–Trinajstić information content (AvgIpc) is 3.59. The first-order valence-corrected chi connectivity index (χ1v) is 11.4. The fraction of sp³-hybridized carbons (Fsp3) is 0.346. The van der Waals surface area contributed by atoms with Crippen molar-refractivity contribution in [1.82, 2.24) is 9.97 Å². The molecule has 0 bridgehead atoms. The number of carbonyl (C=O) groups is 1. The van der Waals surface area contributed by atoms with E-state index in [2.05, 4.69) is 9.97 Å². The van der Waals surface area contributed by atoms with Gasteiger partial charge in [-0.15, -0.1) is 0 Å². The summed E-state index contributed by atoms with van der Waals surface area (Å²) in [5.74, 6) is -2.76. The molecule has 4 rings (SSSR count). The number of halogens is 5. The zero-order chi connectivity index (χ0) is 27.5. The highest BCUT2D eigenvalue weighted by Gasteiger charge is 2.57. The van der Waals surface area contributed by atoms with E-state index in [1.165, 1.54) is 14.0 Å². The molecule has 2 aromatic carbocycles. The van der Waals surface area contributed by atoms with Gasteiger partial charge in [0, 0.05) is 24.3 Å². The highest BCUT2D eigenvalue weighted by Crippen LogP contribution is 2.55. The summed E-state index contributed by atoms with van der Waals surface area (Å²) in [6.45, 7) is 0.638. The number of nitrogens with zero attached hydrogens (tertiary/aromatic N) is 2. The summed E-state index contributed by atoms with van der Waals surface area (Å²) in [5, 5.41) is 0. The maximum Gasteiger partial charge on any atom is 0.437 e. The zero-order valence-corrected chi connectivity index (χ0v) is 20.4. The summed E-state index contributed by atoms with van der Waals surface area (Å²) < 4.78 is 90.3. The van der Waals surface area contributed by atoms with E-state index in [1.54, 1.807) is 24.3 Å². The Morgan fingerprint density at radius 2 is 1.76 bits per heavy atom. The van der Waals surface area contributed by atoms with Gasteiger partial charge in [-0.1, -0.05) is 12.1 Å². The number of rotatable bonds is 10. The summed E-state index contributed by atoms with van der Waals surface area (Å²) in [4.78, 5) is 18.6. The minimum Gasteiger partial charge on any atom is -0.497 e. The van der Waals surface area contributed by atoms with Gasteiger partial charge in [0.2, 0.25) is 0 Å². The first-order valence-electron chi connectivity index (χ1n) is 11.4. The van der Waals surface area contributed by atoms with Gasteiger partial charge in [-0.25, -0.2) is 8.78 Å². The molecule has 12 heteroatoms. The van der Waals surface area contributed by atoms with Crippen molar-refractivity contribution in [3.63, 3.8) is 0 Å². The lowest BCUT2D eigenvalue weighted by Crippen LogP contribution is -2.24. The second-order valence-corrected chi connectivity index (χ2v) is 8.81. The SMILES string of the molecule is COc1ccc(COc2ncc(OC[C@@]3(c4cc(F)cc(F)c4)C[C@H]3COC(C)=O)c(C(F)(F)F)n2)cc1. The van der Waals surface area contributed by atoms with Crippen LogP contribution in [0.2, 0.25) is 0 Å². The molecule has 38 heavy (non-hydrogen) atoms. The lowest BCUT2D eigenvalue weighted by Gasteiger charge is -2.21. The molecule has 0 unspecified atom stereocenters. The molecular weight excluding hydrogens is 515 g/mol. The molecule has 1 fully saturated rings. The lowest BCUT2D eigenvalue weighted by molar-refractivity contribution is -0.143. The van der Waals surface area contributed by atoms with E-state index in [9.17, 15) is 26.7 Å². The molecule has 1 saturated carbocycles. The monoisotopic (exact) mass is 538 g/mol. The minimum absolute atomic E-state index is 0.0857. The van der Waals surface area contributed by atoms with Crippen LogP contribution in [-0.4, -0.2) is 36.3 Å². The van der Waals surface area contributed by atoms with Gasteiger partial charge >= 0.3 is 18.2 Å². The predicted octanol–water partition coefficient (Wildman–Crippen LogP) is 5.26. The molecule has 0 amide bonds. The van der Waals surface area contributed by atoms with Crippen LogP contribution in [0.3, 0.4) is 0 Å². The number of methoxy groups -OCH3 is 1. The van der Waals surface area contributed by atoms with E-state index in [1.807, 2.05) is 0 Å². The molecule has 0 spiro atoms. The van der Waals surface area contributed by atoms with E-state index in [0.29, 0.717) is 17.4 Å². The van der Waals surface area contributed by atoms with Crippen LogP contribution < -0.4 is 14.2 Å². The third-order valence-electron chi connectivity index (χ3n) is 6.17. The Labute approximate surface area is 214 Å². The molecule has 1 heterocycles. The minimum atomic E-state index is -4.91. The number of benzene rings is 2. The molecule has 7 nitrogen and oxygen atoms in total. The highest BCUT2D eigenvalue weighted by atomic mass is 19.4. The number of alkyl halides is 3. The first-order chi connectivity index (χ1) is 18.0. The predicted molar refractivity (Wildman–Crippen MR) is 123 cm³/mol. The third kappa shape index (κ3) is 6.29. The van der Waals surface area contributed by atoms with Crippen LogP contribution in [0.15, 0.2) is 48.7 Å². The molecule has 0 saturated heterocycles. The van der Waals surface area contributed by atoms with Crippen LogP contribution >= 0.6 is 0 Å². The Hall–Kier alpha value is -3.96. The Balaban J connectivity index is 1.53.